The number of aliphatic imine (C=N–C) groups is 1. The molecule has 0 aliphatic carbocycles. The monoisotopic (exact) mass is 529 g/mol. The van der Waals surface area contributed by atoms with Gasteiger partial charge in [-0.2, -0.15) is 0 Å². The molecule has 0 amide bonds. The van der Waals surface area contributed by atoms with Crippen LogP contribution in [-0.4, -0.2) is 50.3 Å². The van der Waals surface area contributed by atoms with Gasteiger partial charge in [-0.1, -0.05) is 30.3 Å². The Kier molecular flexibility index (Phi) is 11.3. The first-order valence-corrected chi connectivity index (χ1v) is 11.1. The molecule has 2 N–H and O–H groups in total. The van der Waals surface area contributed by atoms with E-state index in [1.807, 2.05) is 18.2 Å². The minimum Gasteiger partial charge on any atom is -0.375 e. The van der Waals surface area contributed by atoms with E-state index in [1.165, 1.54) is 23.5 Å². The molecule has 6 nitrogen and oxygen atoms in total. The molecule has 0 bridgehead atoms. The maximum absolute atomic E-state index is 5.70. The minimum absolute atomic E-state index is 0. The van der Waals surface area contributed by atoms with E-state index in [2.05, 4.69) is 45.0 Å². The van der Waals surface area contributed by atoms with Gasteiger partial charge in [-0.05, 0) is 25.3 Å². The summed E-state index contributed by atoms with van der Waals surface area (Å²) in [6.45, 7) is 7.90. The summed E-state index contributed by atoms with van der Waals surface area (Å²) in [5.41, 5.74) is 2.34. The highest BCUT2D eigenvalue weighted by atomic mass is 127. The van der Waals surface area contributed by atoms with E-state index in [0.29, 0.717) is 19.8 Å². The van der Waals surface area contributed by atoms with Crippen LogP contribution in [0.5, 0.6) is 0 Å². The molecule has 0 unspecified atom stereocenters. The van der Waals surface area contributed by atoms with Crippen LogP contribution in [0.3, 0.4) is 0 Å². The fraction of sp³-hybridized carbons (Fsp3) is 0.524. The van der Waals surface area contributed by atoms with Crippen molar-refractivity contribution in [1.29, 1.82) is 0 Å². The van der Waals surface area contributed by atoms with E-state index >= 15 is 0 Å². The van der Waals surface area contributed by atoms with E-state index in [4.69, 9.17) is 9.72 Å². The molecule has 0 saturated carbocycles. The Morgan fingerprint density at radius 2 is 2.00 bits per heavy atom. The molecule has 1 aliphatic heterocycles. The molecule has 1 aliphatic rings. The second kappa shape index (κ2) is 13.8. The number of hydrogen-bond donors (Lipinski definition) is 2. The van der Waals surface area contributed by atoms with Gasteiger partial charge in [0.2, 0.25) is 0 Å². The number of guanidine groups is 1. The maximum Gasteiger partial charge on any atom is 0.191 e. The largest absolute Gasteiger partial charge is 0.375 e. The number of halogens is 1. The summed E-state index contributed by atoms with van der Waals surface area (Å²) in [5, 5.41) is 10.0. The molecule has 1 saturated heterocycles. The highest BCUT2D eigenvalue weighted by molar-refractivity contribution is 14.0. The smallest absolute Gasteiger partial charge is 0.191 e. The van der Waals surface area contributed by atoms with E-state index < -0.39 is 0 Å². The van der Waals surface area contributed by atoms with Gasteiger partial charge in [-0.25, -0.2) is 4.98 Å². The topological polar surface area (TPSA) is 61.8 Å². The van der Waals surface area contributed by atoms with Crippen LogP contribution in [0, 0.1) is 0 Å². The maximum atomic E-state index is 5.70. The normalized spacial score (nSPS) is 14.0. The molecular formula is C21H32IN5OS. The number of nitrogens with zero attached hydrogens (tertiary/aromatic N) is 3. The van der Waals surface area contributed by atoms with Crippen LogP contribution in [0.4, 0.5) is 5.13 Å². The van der Waals surface area contributed by atoms with Crippen molar-refractivity contribution in [1.82, 2.24) is 15.6 Å². The summed E-state index contributed by atoms with van der Waals surface area (Å²) >= 11 is 1.76. The molecule has 2 aromatic rings. The first-order valence-electron chi connectivity index (χ1n) is 10.2. The Bertz CT molecular complexity index is 719. The Labute approximate surface area is 195 Å². The zero-order valence-corrected chi connectivity index (χ0v) is 20.2. The average Bonchev–Trinajstić information content (AvgIpc) is 3.40. The summed E-state index contributed by atoms with van der Waals surface area (Å²) in [4.78, 5) is 11.8. The quantitative estimate of drug-likeness (QED) is 0.213. The lowest BCUT2D eigenvalue weighted by Crippen LogP contribution is -2.38. The van der Waals surface area contributed by atoms with E-state index in [-0.39, 0.29) is 24.0 Å². The molecule has 0 spiro atoms. The number of benzene rings is 1. The summed E-state index contributed by atoms with van der Waals surface area (Å²) in [6.07, 6.45) is 3.47. The molecule has 29 heavy (non-hydrogen) atoms. The number of thiazole rings is 1. The van der Waals surface area contributed by atoms with Crippen LogP contribution in [0.15, 0.2) is 40.7 Å². The molecular weight excluding hydrogens is 497 g/mol. The Hall–Kier alpha value is -1.39. The Morgan fingerprint density at radius 1 is 1.21 bits per heavy atom. The zero-order chi connectivity index (χ0) is 19.4. The first-order chi connectivity index (χ1) is 13.8. The van der Waals surface area contributed by atoms with E-state index in [9.17, 15) is 0 Å². The van der Waals surface area contributed by atoms with Crippen molar-refractivity contribution < 1.29 is 4.74 Å². The standard InChI is InChI=1S/C21H31N5OS.HI/c1-2-22-20(24-12-15-27-16-18-8-4-3-5-9-18)23-11-10-19-17-28-21(25-19)26-13-6-7-14-26;/h3-5,8-9,17H,2,6-7,10-16H2,1H3,(H2,22,23,24);1H. The third-order valence-electron chi connectivity index (χ3n) is 4.55. The molecule has 160 valence electrons. The summed E-state index contributed by atoms with van der Waals surface area (Å²) in [6, 6.07) is 10.2. The van der Waals surface area contributed by atoms with Crippen LogP contribution in [0.1, 0.15) is 31.0 Å². The van der Waals surface area contributed by atoms with Gasteiger partial charge in [0.15, 0.2) is 11.1 Å². The van der Waals surface area contributed by atoms with Crippen LogP contribution in [0.2, 0.25) is 0 Å². The van der Waals surface area contributed by atoms with Crippen molar-refractivity contribution >= 4 is 46.4 Å². The van der Waals surface area contributed by atoms with Gasteiger partial charge in [-0.15, -0.1) is 35.3 Å². The van der Waals surface area contributed by atoms with Gasteiger partial charge in [0, 0.05) is 38.0 Å². The van der Waals surface area contributed by atoms with Crippen molar-refractivity contribution in [3.63, 3.8) is 0 Å². The fourth-order valence-electron chi connectivity index (χ4n) is 3.10. The average molecular weight is 529 g/mol. The number of rotatable bonds is 10. The van der Waals surface area contributed by atoms with Crippen LogP contribution >= 0.6 is 35.3 Å². The molecule has 2 heterocycles. The van der Waals surface area contributed by atoms with Gasteiger partial charge < -0.3 is 20.3 Å². The lowest BCUT2D eigenvalue weighted by molar-refractivity contribution is 0.128. The minimum atomic E-state index is 0. The van der Waals surface area contributed by atoms with Crippen LogP contribution < -0.4 is 15.5 Å². The van der Waals surface area contributed by atoms with Crippen LogP contribution in [0.25, 0.3) is 0 Å². The number of nitrogens with one attached hydrogen (secondary N) is 2. The van der Waals surface area contributed by atoms with Crippen LogP contribution in [-0.2, 0) is 17.8 Å². The molecule has 3 rings (SSSR count). The first kappa shape index (κ1) is 23.9. The van der Waals surface area contributed by atoms with Crippen molar-refractivity contribution in [3.05, 3.63) is 47.0 Å². The lowest BCUT2D eigenvalue weighted by Gasteiger charge is -2.12. The van der Waals surface area contributed by atoms with Crippen molar-refractivity contribution in [2.45, 2.75) is 32.8 Å². The molecule has 8 heteroatoms. The van der Waals surface area contributed by atoms with Crippen molar-refractivity contribution in [2.75, 3.05) is 44.2 Å². The molecule has 1 aromatic heterocycles. The predicted octanol–water partition coefficient (Wildman–Crippen LogP) is 3.68. The number of ether oxygens (including phenoxy) is 1. The highest BCUT2D eigenvalue weighted by Gasteiger charge is 2.15. The molecule has 1 fully saturated rings. The third kappa shape index (κ3) is 8.47. The molecule has 0 radical (unpaired) electrons. The summed E-state index contributed by atoms with van der Waals surface area (Å²) in [5.74, 6) is 0.834. The van der Waals surface area contributed by atoms with E-state index in [0.717, 1.165) is 44.3 Å². The van der Waals surface area contributed by atoms with Crippen molar-refractivity contribution in [2.24, 2.45) is 4.99 Å². The van der Waals surface area contributed by atoms with Gasteiger partial charge in [0.25, 0.3) is 0 Å². The van der Waals surface area contributed by atoms with Gasteiger partial charge in [-0.3, -0.25) is 4.99 Å². The third-order valence-corrected chi connectivity index (χ3v) is 5.50. The second-order valence-electron chi connectivity index (χ2n) is 6.79. The van der Waals surface area contributed by atoms with Gasteiger partial charge in [0.1, 0.15) is 0 Å². The van der Waals surface area contributed by atoms with Crippen molar-refractivity contribution in [3.8, 4) is 0 Å². The number of aromatic nitrogens is 1. The highest BCUT2D eigenvalue weighted by Crippen LogP contribution is 2.24. The van der Waals surface area contributed by atoms with Gasteiger partial charge in [0.05, 0.1) is 25.5 Å². The number of anilines is 1. The predicted molar refractivity (Wildman–Crippen MR) is 133 cm³/mol. The Balaban J connectivity index is 0.00000300. The Morgan fingerprint density at radius 3 is 2.76 bits per heavy atom. The van der Waals surface area contributed by atoms with Gasteiger partial charge >= 0.3 is 0 Å². The lowest BCUT2D eigenvalue weighted by atomic mass is 10.2. The molecule has 1 aromatic carbocycles. The number of hydrogen-bond acceptors (Lipinski definition) is 5. The summed E-state index contributed by atoms with van der Waals surface area (Å²) < 4.78 is 5.70. The zero-order valence-electron chi connectivity index (χ0n) is 17.1. The second-order valence-corrected chi connectivity index (χ2v) is 7.63. The van der Waals surface area contributed by atoms with E-state index in [1.54, 1.807) is 11.3 Å². The molecule has 0 atom stereocenters. The summed E-state index contributed by atoms with van der Waals surface area (Å²) in [7, 11) is 0. The fourth-order valence-corrected chi connectivity index (χ4v) is 4.02. The SMILES string of the molecule is CCNC(=NCCOCc1ccccc1)NCCc1csc(N2CCCC2)n1.I.